The van der Waals surface area contributed by atoms with Gasteiger partial charge >= 0.3 is 0 Å². The molecule has 102 valence electrons. The van der Waals surface area contributed by atoms with Gasteiger partial charge in [0.05, 0.1) is 11.9 Å². The van der Waals surface area contributed by atoms with Crippen LogP contribution in [0.5, 0.6) is 0 Å². The third-order valence-electron chi connectivity index (χ3n) is 2.11. The van der Waals surface area contributed by atoms with Crippen molar-refractivity contribution in [2.75, 3.05) is 13.6 Å². The van der Waals surface area contributed by atoms with E-state index < -0.39 is 11.9 Å². The number of likely N-dealkylation sites (N-methyl/N-ethyl adjacent to an activating group) is 1. The summed E-state index contributed by atoms with van der Waals surface area (Å²) in [6.07, 6.45) is -0.636. The number of carbonyl (C=O) groups is 1. The molecule has 7 heteroatoms. The molecule has 0 aromatic carbocycles. The van der Waals surface area contributed by atoms with Crippen molar-refractivity contribution in [3.8, 4) is 0 Å². The maximum Gasteiger partial charge on any atom is 0.289 e. The molecule has 1 rings (SSSR count). The molecule has 0 saturated carbocycles. The van der Waals surface area contributed by atoms with Crippen LogP contribution in [0.3, 0.4) is 0 Å². The third kappa shape index (κ3) is 4.66. The summed E-state index contributed by atoms with van der Waals surface area (Å²) in [5, 5.41) is 9.16. The Morgan fingerprint density at radius 2 is 2.22 bits per heavy atom. The van der Waals surface area contributed by atoms with Gasteiger partial charge in [0, 0.05) is 13.6 Å². The van der Waals surface area contributed by atoms with Crippen LogP contribution in [0.1, 0.15) is 23.2 Å². The normalized spacial score (nSPS) is 12.8. The van der Waals surface area contributed by atoms with Crippen LogP contribution in [0, 0.1) is 0 Å². The molecule has 1 atom stereocenters. The molecule has 0 aliphatic heterocycles. The molecule has 18 heavy (non-hydrogen) atoms. The second-order valence-electron chi connectivity index (χ2n) is 3.87. The molecule has 0 radical (unpaired) electrons. The van der Waals surface area contributed by atoms with Crippen molar-refractivity contribution in [3.63, 3.8) is 0 Å². The Balaban J connectivity index is 2.59. The smallest absolute Gasteiger partial charge is 0.289 e. The summed E-state index contributed by atoms with van der Waals surface area (Å²) in [5.41, 5.74) is 0. The first-order valence-electron chi connectivity index (χ1n) is 5.32. The van der Waals surface area contributed by atoms with E-state index in [-0.39, 0.29) is 24.0 Å². The van der Waals surface area contributed by atoms with Crippen molar-refractivity contribution in [2.24, 2.45) is 0 Å². The van der Waals surface area contributed by atoms with Gasteiger partial charge in [-0.1, -0.05) is 11.8 Å². The fourth-order valence-corrected chi connectivity index (χ4v) is 1.83. The fourth-order valence-electron chi connectivity index (χ4n) is 1.38. The summed E-state index contributed by atoms with van der Waals surface area (Å²) in [4.78, 5) is 13.1. The highest BCUT2D eigenvalue weighted by atomic mass is 32.2. The summed E-state index contributed by atoms with van der Waals surface area (Å²) in [7, 11) is 1.53. The van der Waals surface area contributed by atoms with Crippen LogP contribution in [0.15, 0.2) is 16.5 Å². The predicted molar refractivity (Wildman–Crippen MR) is 64.6 cm³/mol. The Bertz CT molecular complexity index is 395. The van der Waals surface area contributed by atoms with E-state index in [0.717, 1.165) is 0 Å². The molecule has 4 nitrogen and oxygen atoms in total. The van der Waals surface area contributed by atoms with Crippen molar-refractivity contribution >= 4 is 17.7 Å². The molecule has 0 aliphatic rings. The molecule has 1 N–H and O–H groups in total. The molecule has 0 saturated heterocycles. The second kappa shape index (κ2) is 6.75. The van der Waals surface area contributed by atoms with E-state index in [1.54, 1.807) is 6.92 Å². The Hall–Kier alpha value is -1.08. The van der Waals surface area contributed by atoms with Gasteiger partial charge in [-0.2, -0.15) is 8.78 Å². The van der Waals surface area contributed by atoms with E-state index in [1.165, 1.54) is 24.1 Å². The lowest BCUT2D eigenvalue weighted by Gasteiger charge is -2.17. The summed E-state index contributed by atoms with van der Waals surface area (Å²) in [6, 6.07) is 2.95. The van der Waals surface area contributed by atoms with Crippen molar-refractivity contribution in [1.29, 1.82) is 0 Å². The molecule has 0 spiro atoms. The van der Waals surface area contributed by atoms with E-state index >= 15 is 0 Å². The van der Waals surface area contributed by atoms with Crippen LogP contribution in [-0.2, 0) is 5.75 Å². The van der Waals surface area contributed by atoms with Crippen molar-refractivity contribution in [3.05, 3.63) is 23.7 Å². The Morgan fingerprint density at radius 1 is 1.56 bits per heavy atom. The Labute approximate surface area is 108 Å². The molecule has 1 unspecified atom stereocenters. The minimum Gasteiger partial charge on any atom is -0.455 e. The van der Waals surface area contributed by atoms with Gasteiger partial charge in [-0.3, -0.25) is 4.79 Å². The molecule has 1 aromatic heterocycles. The highest BCUT2D eigenvalue weighted by Crippen LogP contribution is 2.21. The zero-order chi connectivity index (χ0) is 13.7. The number of thioether (sulfide) groups is 1. The Kier molecular flexibility index (Phi) is 5.61. The zero-order valence-electron chi connectivity index (χ0n) is 10.1. The lowest BCUT2D eigenvalue weighted by atomic mass is 10.3. The molecule has 1 aromatic rings. The van der Waals surface area contributed by atoms with Gasteiger partial charge in [-0.15, -0.1) is 0 Å². The average Bonchev–Trinajstić information content (AvgIpc) is 2.72. The fraction of sp³-hybridized carbons (Fsp3) is 0.545. The summed E-state index contributed by atoms with van der Waals surface area (Å²) in [6.45, 7) is 1.75. The van der Waals surface area contributed by atoms with Crippen LogP contribution in [0.25, 0.3) is 0 Å². The number of alkyl halides is 2. The van der Waals surface area contributed by atoms with E-state index in [4.69, 9.17) is 9.52 Å². The zero-order valence-corrected chi connectivity index (χ0v) is 10.9. The van der Waals surface area contributed by atoms with E-state index in [0.29, 0.717) is 17.5 Å². The molecule has 0 fully saturated rings. The molecular weight excluding hydrogens is 264 g/mol. The van der Waals surface area contributed by atoms with Gasteiger partial charge in [0.2, 0.25) is 0 Å². The van der Waals surface area contributed by atoms with Crippen molar-refractivity contribution in [1.82, 2.24) is 4.90 Å². The van der Waals surface area contributed by atoms with Gasteiger partial charge in [0.25, 0.3) is 11.7 Å². The molecule has 1 amide bonds. The van der Waals surface area contributed by atoms with Crippen molar-refractivity contribution < 1.29 is 23.1 Å². The minimum absolute atomic E-state index is 0.0189. The maximum atomic E-state index is 12.0. The summed E-state index contributed by atoms with van der Waals surface area (Å²) >= 11 is 0.436. The number of hydrogen-bond acceptors (Lipinski definition) is 4. The largest absolute Gasteiger partial charge is 0.455 e. The topological polar surface area (TPSA) is 53.7 Å². The SMILES string of the molecule is CC(O)CN(C)C(=O)c1ccc(CSC(F)F)o1. The average molecular weight is 279 g/mol. The number of halogens is 2. The van der Waals surface area contributed by atoms with Gasteiger partial charge < -0.3 is 14.4 Å². The first-order chi connectivity index (χ1) is 8.40. The minimum atomic E-state index is -2.47. The number of amides is 1. The molecule has 1 heterocycles. The predicted octanol–water partition coefficient (Wildman–Crippen LogP) is 2.19. The number of nitrogens with zero attached hydrogens (tertiary/aromatic N) is 1. The number of aliphatic hydroxyl groups is 1. The number of hydrogen-bond donors (Lipinski definition) is 1. The van der Waals surface area contributed by atoms with Crippen LogP contribution in [0.2, 0.25) is 0 Å². The maximum absolute atomic E-state index is 12.0. The lowest BCUT2D eigenvalue weighted by molar-refractivity contribution is 0.0672. The monoisotopic (exact) mass is 279 g/mol. The quantitative estimate of drug-likeness (QED) is 0.867. The van der Waals surface area contributed by atoms with Crippen LogP contribution >= 0.6 is 11.8 Å². The highest BCUT2D eigenvalue weighted by Gasteiger charge is 2.17. The molecule has 0 bridgehead atoms. The first kappa shape index (κ1) is 15.0. The summed E-state index contributed by atoms with van der Waals surface area (Å²) in [5.74, 6) is -2.42. The van der Waals surface area contributed by atoms with Gasteiger partial charge in [-0.05, 0) is 19.1 Å². The van der Waals surface area contributed by atoms with E-state index in [1.807, 2.05) is 0 Å². The molecular formula is C11H15F2NO3S. The van der Waals surface area contributed by atoms with E-state index in [2.05, 4.69) is 0 Å². The van der Waals surface area contributed by atoms with Crippen LogP contribution in [-0.4, -0.2) is 41.4 Å². The highest BCUT2D eigenvalue weighted by molar-refractivity contribution is 7.98. The van der Waals surface area contributed by atoms with Crippen molar-refractivity contribution in [2.45, 2.75) is 24.5 Å². The van der Waals surface area contributed by atoms with Crippen LogP contribution in [0.4, 0.5) is 8.78 Å². The number of carbonyl (C=O) groups excluding carboxylic acids is 1. The Morgan fingerprint density at radius 3 is 2.78 bits per heavy atom. The third-order valence-corrected chi connectivity index (χ3v) is 2.81. The summed E-state index contributed by atoms with van der Waals surface area (Å²) < 4.78 is 29.1. The van der Waals surface area contributed by atoms with Gasteiger partial charge in [-0.25, -0.2) is 0 Å². The number of aliphatic hydroxyl groups excluding tert-OH is 1. The van der Waals surface area contributed by atoms with Gasteiger partial charge in [0.1, 0.15) is 5.76 Å². The van der Waals surface area contributed by atoms with E-state index in [9.17, 15) is 13.6 Å². The van der Waals surface area contributed by atoms with Gasteiger partial charge in [0.15, 0.2) is 5.76 Å². The number of furan rings is 1. The first-order valence-corrected chi connectivity index (χ1v) is 6.37. The molecule has 0 aliphatic carbocycles. The van der Waals surface area contributed by atoms with Crippen LogP contribution < -0.4 is 0 Å². The lowest BCUT2D eigenvalue weighted by Crippen LogP contribution is -2.32. The second-order valence-corrected chi connectivity index (χ2v) is 4.85. The standard InChI is InChI=1S/C11H15F2NO3S/c1-7(15)5-14(2)10(16)9-4-3-8(17-9)6-18-11(12)13/h3-4,7,11,15H,5-6H2,1-2H3. The number of rotatable bonds is 6.